The number of hydrogen-bond donors (Lipinski definition) is 1. The number of nitrogens with zero attached hydrogens (tertiary/aromatic N) is 1. The van der Waals surface area contributed by atoms with Crippen LogP contribution in [-0.4, -0.2) is 4.92 Å². The van der Waals surface area contributed by atoms with E-state index in [0.717, 1.165) is 5.56 Å². The Morgan fingerprint density at radius 2 is 2.25 bits per heavy atom. The Labute approximate surface area is 92.0 Å². The molecule has 5 heteroatoms. The van der Waals surface area contributed by atoms with Crippen molar-refractivity contribution in [2.75, 3.05) is 0 Å². The van der Waals surface area contributed by atoms with Gasteiger partial charge in [-0.1, -0.05) is 12.1 Å². The first-order valence-electron chi connectivity index (χ1n) is 4.72. The van der Waals surface area contributed by atoms with E-state index < -0.39 is 4.92 Å². The molecule has 82 valence electrons. The molecule has 0 radical (unpaired) electrons. The maximum atomic E-state index is 10.6. The average molecular weight is 218 g/mol. The summed E-state index contributed by atoms with van der Waals surface area (Å²) in [5.74, 6) is 0.229. The molecule has 1 aliphatic rings. The summed E-state index contributed by atoms with van der Waals surface area (Å²) < 4.78 is 4.93. The molecule has 0 saturated carbocycles. The van der Waals surface area contributed by atoms with Crippen LogP contribution in [0.3, 0.4) is 0 Å². The van der Waals surface area contributed by atoms with Crippen LogP contribution in [0, 0.1) is 10.1 Å². The highest BCUT2D eigenvalue weighted by Crippen LogP contribution is 2.25. The Balaban J connectivity index is 2.33. The van der Waals surface area contributed by atoms with E-state index in [1.807, 2.05) is 6.07 Å². The van der Waals surface area contributed by atoms with Gasteiger partial charge < -0.3 is 10.5 Å². The lowest BCUT2D eigenvalue weighted by molar-refractivity contribution is -0.384. The zero-order valence-electron chi connectivity index (χ0n) is 8.37. The van der Waals surface area contributed by atoms with Crippen molar-refractivity contribution in [2.45, 2.75) is 5.92 Å². The fourth-order valence-corrected chi connectivity index (χ4v) is 1.53. The number of nitro benzene ring substituents is 1. The minimum absolute atomic E-state index is 0.0735. The predicted octanol–water partition coefficient (Wildman–Crippen LogP) is 2.02. The fraction of sp³-hybridized carbons (Fsp3) is 0.0909. The second-order valence-corrected chi connectivity index (χ2v) is 3.39. The van der Waals surface area contributed by atoms with E-state index in [4.69, 9.17) is 10.5 Å². The molecule has 0 bridgehead atoms. The Morgan fingerprint density at radius 3 is 2.94 bits per heavy atom. The minimum atomic E-state index is -0.417. The molecule has 0 fully saturated rings. The second-order valence-electron chi connectivity index (χ2n) is 3.39. The topological polar surface area (TPSA) is 78.4 Å². The highest BCUT2D eigenvalue weighted by atomic mass is 16.6. The Hall–Kier alpha value is -2.30. The molecule has 0 aromatic heterocycles. The third-order valence-corrected chi connectivity index (χ3v) is 2.30. The van der Waals surface area contributed by atoms with E-state index in [1.54, 1.807) is 18.2 Å². The summed E-state index contributed by atoms with van der Waals surface area (Å²) in [5.41, 5.74) is 6.40. The molecule has 1 unspecified atom stereocenters. The molecule has 16 heavy (non-hydrogen) atoms. The first-order valence-corrected chi connectivity index (χ1v) is 4.72. The van der Waals surface area contributed by atoms with Crippen molar-refractivity contribution in [2.24, 2.45) is 5.73 Å². The van der Waals surface area contributed by atoms with Crippen LogP contribution in [-0.2, 0) is 4.74 Å². The predicted molar refractivity (Wildman–Crippen MR) is 58.3 cm³/mol. The highest BCUT2D eigenvalue weighted by Gasteiger charge is 2.13. The number of non-ortho nitro benzene ring substituents is 1. The lowest BCUT2D eigenvalue weighted by Gasteiger charge is -2.13. The highest BCUT2D eigenvalue weighted by molar-refractivity contribution is 5.40. The van der Waals surface area contributed by atoms with Crippen LogP contribution in [0.2, 0.25) is 0 Å². The van der Waals surface area contributed by atoms with Gasteiger partial charge in [-0.3, -0.25) is 10.1 Å². The second kappa shape index (κ2) is 4.06. The largest absolute Gasteiger partial charge is 0.450 e. The van der Waals surface area contributed by atoms with Crippen LogP contribution in [0.25, 0.3) is 0 Å². The molecule has 2 rings (SSSR count). The molecular weight excluding hydrogens is 208 g/mol. The summed E-state index contributed by atoms with van der Waals surface area (Å²) in [6.45, 7) is 0. The quantitative estimate of drug-likeness (QED) is 0.608. The number of hydrogen-bond acceptors (Lipinski definition) is 4. The molecule has 1 atom stereocenters. The zero-order valence-corrected chi connectivity index (χ0v) is 8.37. The summed E-state index contributed by atoms with van der Waals surface area (Å²) in [6, 6.07) is 6.46. The van der Waals surface area contributed by atoms with Gasteiger partial charge in [-0.05, 0) is 17.7 Å². The molecule has 1 heterocycles. The third-order valence-electron chi connectivity index (χ3n) is 2.30. The molecule has 2 N–H and O–H groups in total. The maximum Gasteiger partial charge on any atom is 0.269 e. The third kappa shape index (κ3) is 2.03. The number of nitro groups is 1. The first-order chi connectivity index (χ1) is 7.66. The van der Waals surface area contributed by atoms with Gasteiger partial charge in [0.15, 0.2) is 5.88 Å². The lowest BCUT2D eigenvalue weighted by Crippen LogP contribution is -2.06. The molecule has 0 aliphatic carbocycles. The molecular formula is C11H10N2O3. The van der Waals surface area contributed by atoms with E-state index in [-0.39, 0.29) is 11.6 Å². The smallest absolute Gasteiger partial charge is 0.269 e. The van der Waals surface area contributed by atoms with Crippen molar-refractivity contribution in [3.63, 3.8) is 0 Å². The van der Waals surface area contributed by atoms with Gasteiger partial charge in [0, 0.05) is 18.1 Å². The van der Waals surface area contributed by atoms with E-state index >= 15 is 0 Å². The molecule has 0 spiro atoms. The van der Waals surface area contributed by atoms with E-state index in [9.17, 15) is 10.1 Å². The molecule has 1 aromatic rings. The monoisotopic (exact) mass is 218 g/mol. The SMILES string of the molecule is NC1=CC(c2cccc([N+](=O)[O-])c2)C=CO1. The zero-order chi connectivity index (χ0) is 11.5. The molecule has 5 nitrogen and oxygen atoms in total. The van der Waals surface area contributed by atoms with Crippen molar-refractivity contribution >= 4 is 5.69 Å². The summed E-state index contributed by atoms with van der Waals surface area (Å²) in [7, 11) is 0. The molecule has 0 saturated heterocycles. The van der Waals surface area contributed by atoms with Gasteiger partial charge in [0.05, 0.1) is 11.2 Å². The fourth-order valence-electron chi connectivity index (χ4n) is 1.53. The first kappa shape index (κ1) is 10.2. The van der Waals surface area contributed by atoms with Crippen molar-refractivity contribution in [1.82, 2.24) is 0 Å². The number of rotatable bonds is 2. The van der Waals surface area contributed by atoms with E-state index in [1.165, 1.54) is 18.4 Å². The normalized spacial score (nSPS) is 18.8. The Kier molecular flexibility index (Phi) is 2.59. The molecule has 1 aliphatic heterocycles. The van der Waals surface area contributed by atoms with Gasteiger partial charge in [-0.15, -0.1) is 0 Å². The van der Waals surface area contributed by atoms with Crippen molar-refractivity contribution in [3.05, 3.63) is 64.2 Å². The Morgan fingerprint density at radius 1 is 1.44 bits per heavy atom. The molecule has 1 aromatic carbocycles. The summed E-state index contributed by atoms with van der Waals surface area (Å²) in [5, 5.41) is 10.6. The van der Waals surface area contributed by atoms with Gasteiger partial charge in [0.2, 0.25) is 0 Å². The van der Waals surface area contributed by atoms with Gasteiger partial charge in [0.25, 0.3) is 5.69 Å². The van der Waals surface area contributed by atoms with E-state index in [0.29, 0.717) is 5.88 Å². The van der Waals surface area contributed by atoms with Gasteiger partial charge in [-0.2, -0.15) is 0 Å². The number of benzene rings is 1. The summed E-state index contributed by atoms with van der Waals surface area (Å²) in [6.07, 6.45) is 4.98. The summed E-state index contributed by atoms with van der Waals surface area (Å²) in [4.78, 5) is 10.2. The van der Waals surface area contributed by atoms with Gasteiger partial charge >= 0.3 is 0 Å². The van der Waals surface area contributed by atoms with Crippen LogP contribution in [0.1, 0.15) is 11.5 Å². The van der Waals surface area contributed by atoms with Crippen LogP contribution < -0.4 is 5.73 Å². The van der Waals surface area contributed by atoms with Crippen LogP contribution in [0.4, 0.5) is 5.69 Å². The van der Waals surface area contributed by atoms with Crippen LogP contribution >= 0.6 is 0 Å². The van der Waals surface area contributed by atoms with Crippen molar-refractivity contribution < 1.29 is 9.66 Å². The number of nitrogens with two attached hydrogens (primary N) is 1. The standard InChI is InChI=1S/C11H10N2O3/c12-11-7-9(4-5-16-11)8-2-1-3-10(6-8)13(14)15/h1-7,9H,12H2. The number of allylic oxidation sites excluding steroid dienone is 2. The average Bonchev–Trinajstić information content (AvgIpc) is 2.29. The van der Waals surface area contributed by atoms with Crippen molar-refractivity contribution in [3.8, 4) is 0 Å². The van der Waals surface area contributed by atoms with Crippen molar-refractivity contribution in [1.29, 1.82) is 0 Å². The van der Waals surface area contributed by atoms with Gasteiger partial charge in [-0.25, -0.2) is 0 Å². The van der Waals surface area contributed by atoms with Gasteiger partial charge in [0.1, 0.15) is 0 Å². The number of ether oxygens (including phenoxy) is 1. The lowest BCUT2D eigenvalue weighted by atomic mass is 9.98. The van der Waals surface area contributed by atoms with Crippen LogP contribution in [0.15, 0.2) is 48.6 Å². The van der Waals surface area contributed by atoms with Crippen LogP contribution in [0.5, 0.6) is 0 Å². The van der Waals surface area contributed by atoms with E-state index in [2.05, 4.69) is 0 Å². The summed E-state index contributed by atoms with van der Waals surface area (Å²) >= 11 is 0. The molecule has 0 amide bonds. The Bertz CT molecular complexity index is 480. The maximum absolute atomic E-state index is 10.6. The minimum Gasteiger partial charge on any atom is -0.450 e.